The van der Waals surface area contributed by atoms with Crippen LogP contribution in [0.15, 0.2) is 54.9 Å². The van der Waals surface area contributed by atoms with Gasteiger partial charge in [0.05, 0.1) is 18.8 Å². The zero-order valence-electron chi connectivity index (χ0n) is 15.5. The molecule has 0 spiro atoms. The summed E-state index contributed by atoms with van der Waals surface area (Å²) in [5, 5.41) is 1.25. The van der Waals surface area contributed by atoms with Crippen LogP contribution >= 0.6 is 0 Å². The second-order valence-corrected chi connectivity index (χ2v) is 6.80. The average molecular weight is 364 g/mol. The third-order valence-corrected chi connectivity index (χ3v) is 5.04. The van der Waals surface area contributed by atoms with Crippen molar-refractivity contribution in [3.63, 3.8) is 0 Å². The van der Waals surface area contributed by atoms with Gasteiger partial charge in [0.15, 0.2) is 0 Å². The second kappa shape index (κ2) is 7.80. The highest BCUT2D eigenvalue weighted by Crippen LogP contribution is 2.16. The van der Waals surface area contributed by atoms with Crippen molar-refractivity contribution in [3.05, 3.63) is 60.4 Å². The number of para-hydroxylation sites is 1. The summed E-state index contributed by atoms with van der Waals surface area (Å²) in [5.74, 6) is 0.892. The van der Waals surface area contributed by atoms with E-state index in [1.165, 1.54) is 10.9 Å². The molecule has 0 radical (unpaired) electrons. The SMILES string of the molecule is CN(CCn1ccc2ccccc21)c1ccc(C(=O)N2CCOCC2)cn1. The number of amides is 1. The number of benzene rings is 1. The van der Waals surface area contributed by atoms with Crippen molar-refractivity contribution in [2.75, 3.05) is 44.8 Å². The molecule has 3 aromatic rings. The number of carbonyl (C=O) groups is 1. The van der Waals surface area contributed by atoms with E-state index in [0.29, 0.717) is 31.9 Å². The molecule has 6 heteroatoms. The molecule has 0 N–H and O–H groups in total. The van der Waals surface area contributed by atoms with Gasteiger partial charge in [-0.2, -0.15) is 0 Å². The van der Waals surface area contributed by atoms with Crippen LogP contribution in [0.1, 0.15) is 10.4 Å². The van der Waals surface area contributed by atoms with Crippen LogP contribution in [-0.4, -0.2) is 60.3 Å². The summed E-state index contributed by atoms with van der Waals surface area (Å²) in [4.78, 5) is 20.9. The summed E-state index contributed by atoms with van der Waals surface area (Å²) in [6, 6.07) is 14.3. The summed E-state index contributed by atoms with van der Waals surface area (Å²) in [5.41, 5.74) is 1.87. The highest BCUT2D eigenvalue weighted by atomic mass is 16.5. The quantitative estimate of drug-likeness (QED) is 0.698. The summed E-state index contributed by atoms with van der Waals surface area (Å²) in [6.45, 7) is 4.21. The first-order chi connectivity index (χ1) is 13.2. The molecule has 1 aliphatic heterocycles. The number of likely N-dealkylation sites (N-methyl/N-ethyl adjacent to an activating group) is 1. The van der Waals surface area contributed by atoms with E-state index in [2.05, 4.69) is 51.0 Å². The molecule has 0 atom stereocenters. The van der Waals surface area contributed by atoms with Gasteiger partial charge in [0.25, 0.3) is 5.91 Å². The standard InChI is InChI=1S/C21H24N4O2/c1-23(10-11-24-9-8-17-4-2-3-5-19(17)24)20-7-6-18(16-22-20)21(26)25-12-14-27-15-13-25/h2-9,16H,10-15H2,1H3. The van der Waals surface area contributed by atoms with Gasteiger partial charge in [-0.15, -0.1) is 0 Å². The Labute approximate surface area is 159 Å². The van der Waals surface area contributed by atoms with Gasteiger partial charge in [-0.1, -0.05) is 18.2 Å². The molecule has 1 aromatic carbocycles. The van der Waals surface area contributed by atoms with Crippen LogP contribution < -0.4 is 4.90 Å². The Bertz CT molecular complexity index is 913. The summed E-state index contributed by atoms with van der Waals surface area (Å²) < 4.78 is 7.55. The van der Waals surface area contributed by atoms with Gasteiger partial charge >= 0.3 is 0 Å². The molecule has 1 saturated heterocycles. The summed E-state index contributed by atoms with van der Waals surface area (Å²) in [6.07, 6.45) is 3.80. The van der Waals surface area contributed by atoms with Gasteiger partial charge in [0.1, 0.15) is 5.82 Å². The molecule has 140 valence electrons. The first kappa shape index (κ1) is 17.5. The number of morpholine rings is 1. The lowest BCUT2D eigenvalue weighted by molar-refractivity contribution is 0.0302. The lowest BCUT2D eigenvalue weighted by Crippen LogP contribution is -2.40. The smallest absolute Gasteiger partial charge is 0.255 e. The van der Waals surface area contributed by atoms with E-state index < -0.39 is 0 Å². The van der Waals surface area contributed by atoms with Crippen molar-refractivity contribution >= 4 is 22.6 Å². The maximum Gasteiger partial charge on any atom is 0.255 e. The number of ether oxygens (including phenoxy) is 1. The van der Waals surface area contributed by atoms with Crippen LogP contribution in [0, 0.1) is 0 Å². The van der Waals surface area contributed by atoms with Crippen molar-refractivity contribution in [2.45, 2.75) is 6.54 Å². The molecule has 0 bridgehead atoms. The molecule has 2 aromatic heterocycles. The normalized spacial score (nSPS) is 14.5. The Morgan fingerprint density at radius 1 is 1.15 bits per heavy atom. The van der Waals surface area contributed by atoms with Crippen LogP contribution in [0.25, 0.3) is 10.9 Å². The number of rotatable bonds is 5. The molecule has 6 nitrogen and oxygen atoms in total. The lowest BCUT2D eigenvalue weighted by atomic mass is 10.2. The minimum Gasteiger partial charge on any atom is -0.378 e. The highest BCUT2D eigenvalue weighted by molar-refractivity contribution is 5.94. The minimum absolute atomic E-state index is 0.0267. The Balaban J connectivity index is 1.38. The molecule has 1 aliphatic rings. The fourth-order valence-electron chi connectivity index (χ4n) is 3.40. The van der Waals surface area contributed by atoms with Gasteiger partial charge in [0, 0.05) is 51.1 Å². The molecule has 3 heterocycles. The Morgan fingerprint density at radius 2 is 1.96 bits per heavy atom. The van der Waals surface area contributed by atoms with E-state index >= 15 is 0 Å². The molecule has 4 rings (SSSR count). The number of carbonyl (C=O) groups excluding carboxylic acids is 1. The summed E-state index contributed by atoms with van der Waals surface area (Å²) in [7, 11) is 2.03. The molecule has 0 saturated carbocycles. The lowest BCUT2D eigenvalue weighted by Gasteiger charge is -2.27. The van der Waals surface area contributed by atoms with Crippen molar-refractivity contribution in [2.24, 2.45) is 0 Å². The van der Waals surface area contributed by atoms with Crippen LogP contribution in [0.4, 0.5) is 5.82 Å². The van der Waals surface area contributed by atoms with Crippen LogP contribution in [-0.2, 0) is 11.3 Å². The number of nitrogens with zero attached hydrogens (tertiary/aromatic N) is 4. The van der Waals surface area contributed by atoms with E-state index in [1.807, 2.05) is 24.1 Å². The monoisotopic (exact) mass is 364 g/mol. The maximum atomic E-state index is 12.5. The first-order valence-electron chi connectivity index (χ1n) is 9.30. The number of pyridine rings is 1. The second-order valence-electron chi connectivity index (χ2n) is 6.80. The number of aromatic nitrogens is 2. The largest absolute Gasteiger partial charge is 0.378 e. The van der Waals surface area contributed by atoms with E-state index in [-0.39, 0.29) is 5.91 Å². The third kappa shape index (κ3) is 3.80. The molecular formula is C21H24N4O2. The predicted octanol–water partition coefficient (Wildman–Crippen LogP) is 2.65. The number of hydrogen-bond acceptors (Lipinski definition) is 4. The Morgan fingerprint density at radius 3 is 2.74 bits per heavy atom. The fraction of sp³-hybridized carbons (Fsp3) is 0.333. The number of fused-ring (bicyclic) bond motifs is 1. The molecule has 0 unspecified atom stereocenters. The predicted molar refractivity (Wildman–Crippen MR) is 106 cm³/mol. The Kier molecular flexibility index (Phi) is 5.07. The van der Waals surface area contributed by atoms with E-state index in [4.69, 9.17) is 4.74 Å². The van der Waals surface area contributed by atoms with E-state index in [0.717, 1.165) is 18.9 Å². The Hall–Kier alpha value is -2.86. The third-order valence-electron chi connectivity index (χ3n) is 5.04. The summed E-state index contributed by atoms with van der Waals surface area (Å²) >= 11 is 0. The van der Waals surface area contributed by atoms with Crippen molar-refractivity contribution < 1.29 is 9.53 Å². The van der Waals surface area contributed by atoms with Crippen LogP contribution in [0.3, 0.4) is 0 Å². The van der Waals surface area contributed by atoms with Crippen LogP contribution in [0.5, 0.6) is 0 Å². The fourth-order valence-corrected chi connectivity index (χ4v) is 3.40. The van der Waals surface area contributed by atoms with Crippen molar-refractivity contribution in [3.8, 4) is 0 Å². The van der Waals surface area contributed by atoms with Gasteiger partial charge in [-0.3, -0.25) is 4.79 Å². The molecule has 1 fully saturated rings. The molecular weight excluding hydrogens is 340 g/mol. The van der Waals surface area contributed by atoms with E-state index in [1.54, 1.807) is 6.20 Å². The van der Waals surface area contributed by atoms with Crippen LogP contribution in [0.2, 0.25) is 0 Å². The van der Waals surface area contributed by atoms with Gasteiger partial charge in [-0.25, -0.2) is 4.98 Å². The molecule has 1 amide bonds. The minimum atomic E-state index is 0.0267. The number of anilines is 1. The van der Waals surface area contributed by atoms with Gasteiger partial charge in [0.2, 0.25) is 0 Å². The number of hydrogen-bond donors (Lipinski definition) is 0. The molecule has 0 aliphatic carbocycles. The van der Waals surface area contributed by atoms with Gasteiger partial charge in [-0.05, 0) is 29.7 Å². The van der Waals surface area contributed by atoms with E-state index in [9.17, 15) is 4.79 Å². The maximum absolute atomic E-state index is 12.5. The van der Waals surface area contributed by atoms with Crippen molar-refractivity contribution in [1.29, 1.82) is 0 Å². The highest BCUT2D eigenvalue weighted by Gasteiger charge is 2.18. The zero-order chi connectivity index (χ0) is 18.6. The first-order valence-corrected chi connectivity index (χ1v) is 9.30. The van der Waals surface area contributed by atoms with Crippen molar-refractivity contribution in [1.82, 2.24) is 14.5 Å². The average Bonchev–Trinajstić information content (AvgIpc) is 3.15. The molecule has 27 heavy (non-hydrogen) atoms. The van der Waals surface area contributed by atoms with Gasteiger partial charge < -0.3 is 19.1 Å². The topological polar surface area (TPSA) is 50.6 Å². The zero-order valence-corrected chi connectivity index (χ0v) is 15.5.